The second kappa shape index (κ2) is 6.40. The highest BCUT2D eigenvalue weighted by Crippen LogP contribution is 2.14. The number of nitrogens with zero attached hydrogens (tertiary/aromatic N) is 1. The standard InChI is InChI=1S/C17H16ClNO/c1-19(2)16-10-3-13(4-11-16)5-12-17(20)14-6-8-15(18)9-7-14/h3-12H,1-2H3. The maximum atomic E-state index is 12.0. The van der Waals surface area contributed by atoms with Crippen LogP contribution in [0.25, 0.3) is 6.08 Å². The third-order valence-corrected chi connectivity index (χ3v) is 3.22. The number of carbonyl (C=O) groups excluding carboxylic acids is 1. The molecule has 0 saturated heterocycles. The number of rotatable bonds is 4. The van der Waals surface area contributed by atoms with Gasteiger partial charge in [-0.25, -0.2) is 0 Å². The number of benzene rings is 2. The molecule has 0 heterocycles. The van der Waals surface area contributed by atoms with Crippen LogP contribution in [0.2, 0.25) is 5.02 Å². The van der Waals surface area contributed by atoms with Gasteiger partial charge in [0.1, 0.15) is 0 Å². The molecule has 2 nitrogen and oxygen atoms in total. The van der Waals surface area contributed by atoms with E-state index in [1.807, 2.05) is 49.3 Å². The Morgan fingerprint density at radius 3 is 2.15 bits per heavy atom. The van der Waals surface area contributed by atoms with E-state index in [0.29, 0.717) is 10.6 Å². The van der Waals surface area contributed by atoms with Gasteiger partial charge in [0.2, 0.25) is 0 Å². The monoisotopic (exact) mass is 285 g/mol. The van der Waals surface area contributed by atoms with Crippen molar-refractivity contribution in [2.45, 2.75) is 0 Å². The average molecular weight is 286 g/mol. The molecule has 0 fully saturated rings. The van der Waals surface area contributed by atoms with Crippen LogP contribution in [0.3, 0.4) is 0 Å². The van der Waals surface area contributed by atoms with Gasteiger partial charge in [-0.3, -0.25) is 4.79 Å². The molecular weight excluding hydrogens is 270 g/mol. The van der Waals surface area contributed by atoms with E-state index in [9.17, 15) is 4.79 Å². The first-order valence-electron chi connectivity index (χ1n) is 6.31. The van der Waals surface area contributed by atoms with Gasteiger partial charge in [0.15, 0.2) is 5.78 Å². The lowest BCUT2D eigenvalue weighted by Crippen LogP contribution is -2.07. The van der Waals surface area contributed by atoms with Crippen molar-refractivity contribution in [1.29, 1.82) is 0 Å². The number of carbonyl (C=O) groups is 1. The fourth-order valence-corrected chi connectivity index (χ4v) is 1.89. The zero-order chi connectivity index (χ0) is 14.5. The summed E-state index contributed by atoms with van der Waals surface area (Å²) >= 11 is 5.80. The Morgan fingerprint density at radius 1 is 1.00 bits per heavy atom. The van der Waals surface area contributed by atoms with Crippen LogP contribution in [-0.2, 0) is 0 Å². The van der Waals surface area contributed by atoms with Crippen LogP contribution < -0.4 is 4.90 Å². The minimum Gasteiger partial charge on any atom is -0.378 e. The van der Waals surface area contributed by atoms with E-state index >= 15 is 0 Å². The highest BCUT2D eigenvalue weighted by molar-refractivity contribution is 6.30. The predicted octanol–water partition coefficient (Wildman–Crippen LogP) is 4.30. The molecule has 2 aromatic rings. The first-order chi connectivity index (χ1) is 9.56. The topological polar surface area (TPSA) is 20.3 Å². The van der Waals surface area contributed by atoms with Crippen LogP contribution in [0.4, 0.5) is 5.69 Å². The summed E-state index contributed by atoms with van der Waals surface area (Å²) in [6.45, 7) is 0. The second-order valence-electron chi connectivity index (χ2n) is 4.69. The van der Waals surface area contributed by atoms with E-state index in [0.717, 1.165) is 11.3 Å². The Kier molecular flexibility index (Phi) is 4.59. The first kappa shape index (κ1) is 14.4. The van der Waals surface area contributed by atoms with E-state index in [2.05, 4.69) is 0 Å². The molecule has 0 aromatic heterocycles. The molecule has 2 rings (SSSR count). The van der Waals surface area contributed by atoms with Gasteiger partial charge in [-0.1, -0.05) is 29.8 Å². The number of hydrogen-bond donors (Lipinski definition) is 0. The van der Waals surface area contributed by atoms with Gasteiger partial charge in [0, 0.05) is 30.4 Å². The van der Waals surface area contributed by atoms with Gasteiger partial charge in [0.05, 0.1) is 0 Å². The van der Waals surface area contributed by atoms with E-state index in [4.69, 9.17) is 11.6 Å². The molecule has 3 heteroatoms. The van der Waals surface area contributed by atoms with Crippen molar-refractivity contribution in [2.24, 2.45) is 0 Å². The summed E-state index contributed by atoms with van der Waals surface area (Å²) in [4.78, 5) is 14.0. The first-order valence-corrected chi connectivity index (χ1v) is 6.69. The van der Waals surface area contributed by atoms with Crippen LogP contribution in [0.1, 0.15) is 15.9 Å². The quantitative estimate of drug-likeness (QED) is 0.616. The van der Waals surface area contributed by atoms with E-state index < -0.39 is 0 Å². The molecule has 0 spiro atoms. The zero-order valence-corrected chi connectivity index (χ0v) is 12.3. The lowest BCUT2D eigenvalue weighted by atomic mass is 10.1. The summed E-state index contributed by atoms with van der Waals surface area (Å²) in [5, 5.41) is 0.629. The van der Waals surface area contributed by atoms with Gasteiger partial charge in [-0.15, -0.1) is 0 Å². The summed E-state index contributed by atoms with van der Waals surface area (Å²) in [6, 6.07) is 14.9. The fourth-order valence-electron chi connectivity index (χ4n) is 1.77. The molecular formula is C17H16ClNO. The summed E-state index contributed by atoms with van der Waals surface area (Å²) in [5.41, 5.74) is 2.76. The van der Waals surface area contributed by atoms with Crippen LogP contribution in [0.5, 0.6) is 0 Å². The molecule has 0 radical (unpaired) electrons. The normalized spacial score (nSPS) is 10.8. The molecule has 0 aliphatic carbocycles. The van der Waals surface area contributed by atoms with Gasteiger partial charge in [-0.05, 0) is 48.0 Å². The van der Waals surface area contributed by atoms with Gasteiger partial charge in [-0.2, -0.15) is 0 Å². The summed E-state index contributed by atoms with van der Waals surface area (Å²) < 4.78 is 0. The molecule has 2 aromatic carbocycles. The minimum atomic E-state index is -0.0293. The second-order valence-corrected chi connectivity index (χ2v) is 5.13. The maximum Gasteiger partial charge on any atom is 0.185 e. The summed E-state index contributed by atoms with van der Waals surface area (Å²) in [7, 11) is 3.99. The Bertz CT molecular complexity index is 612. The smallest absolute Gasteiger partial charge is 0.185 e. The van der Waals surface area contributed by atoms with Crippen molar-refractivity contribution in [1.82, 2.24) is 0 Å². The molecule has 0 bridgehead atoms. The summed E-state index contributed by atoms with van der Waals surface area (Å²) in [5.74, 6) is -0.0293. The van der Waals surface area contributed by atoms with Crippen molar-refractivity contribution in [3.63, 3.8) is 0 Å². The predicted molar refractivity (Wildman–Crippen MR) is 85.6 cm³/mol. The fraction of sp³-hybridized carbons (Fsp3) is 0.118. The lowest BCUT2D eigenvalue weighted by Gasteiger charge is -2.11. The Labute approximate surface area is 124 Å². The number of anilines is 1. The maximum absolute atomic E-state index is 12.0. The lowest BCUT2D eigenvalue weighted by molar-refractivity contribution is 0.104. The molecule has 0 amide bonds. The number of hydrogen-bond acceptors (Lipinski definition) is 2. The number of allylic oxidation sites excluding steroid dienone is 1. The molecule has 20 heavy (non-hydrogen) atoms. The Morgan fingerprint density at radius 2 is 1.60 bits per heavy atom. The van der Waals surface area contributed by atoms with Crippen LogP contribution in [-0.4, -0.2) is 19.9 Å². The Balaban J connectivity index is 2.08. The van der Waals surface area contributed by atoms with Crippen LogP contribution >= 0.6 is 11.6 Å². The molecule has 102 valence electrons. The van der Waals surface area contributed by atoms with Gasteiger partial charge in [0.25, 0.3) is 0 Å². The zero-order valence-electron chi connectivity index (χ0n) is 11.5. The molecule has 0 atom stereocenters. The van der Waals surface area contributed by atoms with Crippen molar-refractivity contribution in [3.8, 4) is 0 Å². The number of halogens is 1. The van der Waals surface area contributed by atoms with Gasteiger partial charge >= 0.3 is 0 Å². The largest absolute Gasteiger partial charge is 0.378 e. The van der Waals surface area contributed by atoms with E-state index in [-0.39, 0.29) is 5.78 Å². The van der Waals surface area contributed by atoms with Crippen molar-refractivity contribution < 1.29 is 4.79 Å². The molecule has 0 aliphatic heterocycles. The minimum absolute atomic E-state index is 0.0293. The molecule has 0 N–H and O–H groups in total. The third-order valence-electron chi connectivity index (χ3n) is 2.97. The SMILES string of the molecule is CN(C)c1ccc(C=CC(=O)c2ccc(Cl)cc2)cc1. The van der Waals surface area contributed by atoms with Crippen LogP contribution in [0.15, 0.2) is 54.6 Å². The average Bonchev–Trinajstić information content (AvgIpc) is 2.46. The van der Waals surface area contributed by atoms with Crippen molar-refractivity contribution in [3.05, 3.63) is 70.8 Å². The molecule has 0 unspecified atom stereocenters. The number of ketones is 1. The molecule has 0 aliphatic rings. The van der Waals surface area contributed by atoms with Crippen molar-refractivity contribution >= 4 is 29.1 Å². The van der Waals surface area contributed by atoms with Gasteiger partial charge < -0.3 is 4.90 Å². The Hall–Kier alpha value is -2.06. The summed E-state index contributed by atoms with van der Waals surface area (Å²) in [6.07, 6.45) is 3.39. The third kappa shape index (κ3) is 3.72. The van der Waals surface area contributed by atoms with Crippen molar-refractivity contribution in [2.75, 3.05) is 19.0 Å². The highest BCUT2D eigenvalue weighted by Gasteiger charge is 2.01. The highest BCUT2D eigenvalue weighted by atomic mass is 35.5. The van der Waals surface area contributed by atoms with Crippen LogP contribution in [0, 0.1) is 0 Å². The van der Waals surface area contributed by atoms with E-state index in [1.165, 1.54) is 0 Å². The van der Waals surface area contributed by atoms with E-state index in [1.54, 1.807) is 30.3 Å². The molecule has 0 saturated carbocycles.